The highest BCUT2D eigenvalue weighted by molar-refractivity contribution is 6.04. The van der Waals surface area contributed by atoms with Crippen LogP contribution >= 0.6 is 0 Å². The molecule has 0 saturated carbocycles. The number of hydrogen-bond acceptors (Lipinski definition) is 3. The van der Waals surface area contributed by atoms with Gasteiger partial charge in [0.05, 0.1) is 5.69 Å². The summed E-state index contributed by atoms with van der Waals surface area (Å²) in [5.74, 6) is -0.648. The zero-order valence-electron chi connectivity index (χ0n) is 8.56. The third kappa shape index (κ3) is 1.48. The molecule has 1 aliphatic rings. The minimum atomic E-state index is -0.774. The fourth-order valence-corrected chi connectivity index (χ4v) is 1.72. The molecule has 0 unspecified atom stereocenters. The van der Waals surface area contributed by atoms with Crippen LogP contribution < -0.4 is 4.90 Å². The van der Waals surface area contributed by atoms with Gasteiger partial charge in [0.2, 0.25) is 6.10 Å². The molecule has 1 aliphatic heterocycles. The summed E-state index contributed by atoms with van der Waals surface area (Å²) in [5.41, 5.74) is 1.55. The zero-order chi connectivity index (χ0) is 11.0. The number of carbonyl (C=O) groups excluding carboxylic acids is 2. The van der Waals surface area contributed by atoms with Gasteiger partial charge in [-0.05, 0) is 6.07 Å². The molecule has 1 aromatic carbocycles. The lowest BCUT2D eigenvalue weighted by atomic mass is 10.1. The van der Waals surface area contributed by atoms with Crippen molar-refractivity contribution in [2.75, 3.05) is 11.9 Å². The minimum absolute atomic E-state index is 0.202. The molecule has 0 aromatic heterocycles. The molecular formula is C11H11NO3. The summed E-state index contributed by atoms with van der Waals surface area (Å²) in [6.07, 6.45) is -0.774. The summed E-state index contributed by atoms with van der Waals surface area (Å²) in [6, 6.07) is 7.29. The van der Waals surface area contributed by atoms with Crippen molar-refractivity contribution in [3.8, 4) is 0 Å². The number of benzene rings is 1. The topological polar surface area (TPSA) is 46.6 Å². The summed E-state index contributed by atoms with van der Waals surface area (Å²) in [6.45, 7) is 1.30. The molecule has 4 nitrogen and oxygen atoms in total. The van der Waals surface area contributed by atoms with Crippen LogP contribution in [-0.2, 0) is 14.3 Å². The summed E-state index contributed by atoms with van der Waals surface area (Å²) < 4.78 is 4.99. The molecule has 2 rings (SSSR count). The maximum atomic E-state index is 11.7. The van der Waals surface area contributed by atoms with E-state index in [1.54, 1.807) is 13.1 Å². The van der Waals surface area contributed by atoms with Gasteiger partial charge in [-0.2, -0.15) is 0 Å². The highest BCUT2D eigenvalue weighted by Crippen LogP contribution is 2.36. The molecule has 0 aliphatic carbocycles. The molecule has 1 heterocycles. The van der Waals surface area contributed by atoms with E-state index in [9.17, 15) is 9.59 Å². The van der Waals surface area contributed by atoms with Crippen LogP contribution in [-0.4, -0.2) is 18.9 Å². The number of nitrogens with zero attached hydrogens (tertiary/aromatic N) is 1. The maximum absolute atomic E-state index is 11.7. The van der Waals surface area contributed by atoms with Crippen LogP contribution in [0.2, 0.25) is 0 Å². The van der Waals surface area contributed by atoms with E-state index < -0.39 is 12.1 Å². The highest BCUT2D eigenvalue weighted by atomic mass is 16.5. The monoisotopic (exact) mass is 205 g/mol. The number of amides is 1. The Kier molecular flexibility index (Phi) is 2.19. The number of likely N-dealkylation sites (N-methyl/N-ethyl adjacent to an activating group) is 1. The van der Waals surface area contributed by atoms with E-state index in [1.165, 1.54) is 11.8 Å². The molecule has 4 heteroatoms. The Morgan fingerprint density at radius 3 is 2.73 bits per heavy atom. The van der Waals surface area contributed by atoms with Gasteiger partial charge in [-0.25, -0.2) is 0 Å². The van der Waals surface area contributed by atoms with Gasteiger partial charge in [0.25, 0.3) is 5.91 Å². The van der Waals surface area contributed by atoms with Crippen molar-refractivity contribution in [2.45, 2.75) is 13.0 Å². The second-order valence-corrected chi connectivity index (χ2v) is 3.45. The first-order valence-corrected chi connectivity index (χ1v) is 4.65. The van der Waals surface area contributed by atoms with Gasteiger partial charge in [-0.15, -0.1) is 0 Å². The number of ether oxygens (including phenoxy) is 1. The first-order valence-electron chi connectivity index (χ1n) is 4.65. The van der Waals surface area contributed by atoms with Crippen LogP contribution in [0.3, 0.4) is 0 Å². The Morgan fingerprint density at radius 2 is 2.07 bits per heavy atom. The number of esters is 1. The van der Waals surface area contributed by atoms with Crippen molar-refractivity contribution in [2.24, 2.45) is 0 Å². The first kappa shape index (κ1) is 9.71. The lowest BCUT2D eigenvalue weighted by molar-refractivity contribution is -0.152. The van der Waals surface area contributed by atoms with Gasteiger partial charge in [0.1, 0.15) is 0 Å². The van der Waals surface area contributed by atoms with Crippen molar-refractivity contribution in [3.63, 3.8) is 0 Å². The van der Waals surface area contributed by atoms with Crippen LogP contribution in [0.25, 0.3) is 0 Å². The van der Waals surface area contributed by atoms with E-state index >= 15 is 0 Å². The van der Waals surface area contributed by atoms with Gasteiger partial charge in [0.15, 0.2) is 0 Å². The molecule has 1 atom stereocenters. The number of anilines is 1. The average molecular weight is 205 g/mol. The van der Waals surface area contributed by atoms with Crippen LogP contribution in [0.1, 0.15) is 18.6 Å². The number of fused-ring (bicyclic) bond motifs is 1. The van der Waals surface area contributed by atoms with Gasteiger partial charge in [-0.1, -0.05) is 18.2 Å². The third-order valence-corrected chi connectivity index (χ3v) is 2.42. The largest absolute Gasteiger partial charge is 0.447 e. The first-order chi connectivity index (χ1) is 7.11. The van der Waals surface area contributed by atoms with Gasteiger partial charge < -0.3 is 9.64 Å². The Bertz CT molecular complexity index is 428. The molecule has 78 valence electrons. The summed E-state index contributed by atoms with van der Waals surface area (Å²) >= 11 is 0. The van der Waals surface area contributed by atoms with E-state index in [4.69, 9.17) is 4.74 Å². The Hall–Kier alpha value is -1.84. The summed E-state index contributed by atoms with van der Waals surface area (Å²) in [7, 11) is 1.67. The standard InChI is InChI=1S/C11H11NO3/c1-7(13)15-10-8-5-3-4-6-9(8)12(2)11(10)14/h3-6,10H,1-2H3/t10-/m1/s1. The van der Waals surface area contributed by atoms with Crippen molar-refractivity contribution in [1.82, 2.24) is 0 Å². The Balaban J connectivity index is 2.42. The van der Waals surface area contributed by atoms with E-state index in [0.717, 1.165) is 11.3 Å². The second kappa shape index (κ2) is 3.38. The smallest absolute Gasteiger partial charge is 0.303 e. The van der Waals surface area contributed by atoms with E-state index in [-0.39, 0.29) is 5.91 Å². The summed E-state index contributed by atoms with van der Waals surface area (Å²) in [5, 5.41) is 0. The highest BCUT2D eigenvalue weighted by Gasteiger charge is 2.37. The predicted molar refractivity (Wildman–Crippen MR) is 54.4 cm³/mol. The molecular weight excluding hydrogens is 194 g/mol. The quantitative estimate of drug-likeness (QED) is 0.648. The number of rotatable bonds is 1. The molecule has 0 saturated heterocycles. The van der Waals surface area contributed by atoms with Gasteiger partial charge >= 0.3 is 5.97 Å². The van der Waals surface area contributed by atoms with Crippen molar-refractivity contribution in [3.05, 3.63) is 29.8 Å². The van der Waals surface area contributed by atoms with E-state index in [1.807, 2.05) is 18.2 Å². The van der Waals surface area contributed by atoms with Crippen molar-refractivity contribution < 1.29 is 14.3 Å². The van der Waals surface area contributed by atoms with E-state index in [2.05, 4.69) is 0 Å². The molecule has 0 spiro atoms. The van der Waals surface area contributed by atoms with Crippen LogP contribution in [0.4, 0.5) is 5.69 Å². The maximum Gasteiger partial charge on any atom is 0.303 e. The van der Waals surface area contributed by atoms with E-state index in [0.29, 0.717) is 0 Å². The van der Waals surface area contributed by atoms with Crippen molar-refractivity contribution >= 4 is 17.6 Å². The average Bonchev–Trinajstić information content (AvgIpc) is 2.44. The van der Waals surface area contributed by atoms with Crippen molar-refractivity contribution in [1.29, 1.82) is 0 Å². The lowest BCUT2D eigenvalue weighted by Crippen LogP contribution is -2.26. The fourth-order valence-electron chi connectivity index (χ4n) is 1.72. The van der Waals surface area contributed by atoms with Gasteiger partial charge in [-0.3, -0.25) is 9.59 Å². The summed E-state index contributed by atoms with van der Waals surface area (Å²) in [4.78, 5) is 24.1. The van der Waals surface area contributed by atoms with Crippen LogP contribution in [0.5, 0.6) is 0 Å². The molecule has 15 heavy (non-hydrogen) atoms. The number of para-hydroxylation sites is 1. The molecule has 1 aromatic rings. The Labute approximate surface area is 87.4 Å². The normalized spacial score (nSPS) is 18.9. The SMILES string of the molecule is CC(=O)O[C@H]1C(=O)N(C)c2ccccc21. The fraction of sp³-hybridized carbons (Fsp3) is 0.273. The molecule has 0 N–H and O–H groups in total. The van der Waals surface area contributed by atoms with Crippen LogP contribution in [0, 0.1) is 0 Å². The van der Waals surface area contributed by atoms with Crippen LogP contribution in [0.15, 0.2) is 24.3 Å². The second-order valence-electron chi connectivity index (χ2n) is 3.45. The predicted octanol–water partition coefficient (Wildman–Crippen LogP) is 1.27. The molecule has 0 radical (unpaired) electrons. The Morgan fingerprint density at radius 1 is 1.40 bits per heavy atom. The zero-order valence-corrected chi connectivity index (χ0v) is 8.56. The number of carbonyl (C=O) groups is 2. The molecule has 1 amide bonds. The number of hydrogen-bond donors (Lipinski definition) is 0. The molecule has 0 bridgehead atoms. The third-order valence-electron chi connectivity index (χ3n) is 2.42. The molecule has 0 fully saturated rings. The minimum Gasteiger partial charge on any atom is -0.447 e. The van der Waals surface area contributed by atoms with Gasteiger partial charge in [0, 0.05) is 19.5 Å². The lowest BCUT2D eigenvalue weighted by Gasteiger charge is -2.10.